The second kappa shape index (κ2) is 10.4. The second-order valence-corrected chi connectivity index (χ2v) is 9.99. The van der Waals surface area contributed by atoms with Crippen molar-refractivity contribution in [2.24, 2.45) is 0 Å². The third-order valence-corrected chi connectivity index (χ3v) is 7.41. The lowest BCUT2D eigenvalue weighted by Gasteiger charge is -2.41. The molecule has 5 rings (SSSR count). The van der Waals surface area contributed by atoms with Crippen molar-refractivity contribution in [3.63, 3.8) is 0 Å². The molecule has 2 N–H and O–H groups in total. The maximum Gasteiger partial charge on any atom is 0.416 e. The summed E-state index contributed by atoms with van der Waals surface area (Å²) in [5.41, 5.74) is 0.764. The Bertz CT molecular complexity index is 1290. The standard InChI is InChI=1S/C27H27F5N4O2/c28-20-5-6-23(29)22(12-20)25-13-24(33-34-25)18-11-17(16-1-3-19(4-2-16)27(30,31)32)14-36(15-18)26(38)35-9-7-21(37)8-10-35/h1-6,12-13,17-18,21,37H,7-11,14-15H2,(H,33,34). The van der Waals surface area contributed by atoms with Gasteiger partial charge in [-0.15, -0.1) is 0 Å². The summed E-state index contributed by atoms with van der Waals surface area (Å²) in [6.07, 6.45) is -3.42. The first-order chi connectivity index (χ1) is 18.1. The number of halogens is 5. The topological polar surface area (TPSA) is 72.5 Å². The number of benzene rings is 2. The fourth-order valence-corrected chi connectivity index (χ4v) is 5.30. The van der Waals surface area contributed by atoms with Crippen LogP contribution >= 0.6 is 0 Å². The molecular weight excluding hydrogens is 507 g/mol. The summed E-state index contributed by atoms with van der Waals surface area (Å²) in [5.74, 6) is -1.75. The van der Waals surface area contributed by atoms with Crippen LogP contribution in [0, 0.1) is 11.6 Å². The maximum atomic E-state index is 14.3. The molecule has 3 heterocycles. The minimum atomic E-state index is -4.45. The molecule has 2 saturated heterocycles. The average Bonchev–Trinajstić information content (AvgIpc) is 3.40. The van der Waals surface area contributed by atoms with Crippen molar-refractivity contribution in [3.05, 3.63) is 77.0 Å². The van der Waals surface area contributed by atoms with Gasteiger partial charge in [-0.05, 0) is 61.2 Å². The number of amides is 2. The lowest BCUT2D eigenvalue weighted by Crippen LogP contribution is -2.51. The largest absolute Gasteiger partial charge is 0.416 e. The van der Waals surface area contributed by atoms with Gasteiger partial charge in [-0.1, -0.05) is 12.1 Å². The minimum absolute atomic E-state index is 0.00223. The molecule has 0 spiro atoms. The van der Waals surface area contributed by atoms with Gasteiger partial charge in [-0.3, -0.25) is 5.10 Å². The Morgan fingerprint density at radius 3 is 2.32 bits per heavy atom. The van der Waals surface area contributed by atoms with E-state index >= 15 is 0 Å². The number of hydrogen-bond acceptors (Lipinski definition) is 3. The number of hydrogen-bond donors (Lipinski definition) is 2. The predicted octanol–water partition coefficient (Wildman–Crippen LogP) is 5.52. The summed E-state index contributed by atoms with van der Waals surface area (Å²) in [6, 6.07) is 9.48. The number of aliphatic hydroxyl groups is 1. The highest BCUT2D eigenvalue weighted by molar-refractivity contribution is 5.75. The number of aromatic amines is 1. The Morgan fingerprint density at radius 1 is 0.947 bits per heavy atom. The van der Waals surface area contributed by atoms with Crippen LogP contribution in [-0.2, 0) is 6.18 Å². The molecule has 0 bridgehead atoms. The molecule has 0 aliphatic carbocycles. The first kappa shape index (κ1) is 26.1. The molecule has 38 heavy (non-hydrogen) atoms. The summed E-state index contributed by atoms with van der Waals surface area (Å²) in [4.78, 5) is 16.8. The molecule has 2 fully saturated rings. The van der Waals surface area contributed by atoms with Crippen LogP contribution in [0.15, 0.2) is 48.5 Å². The number of carbonyl (C=O) groups is 1. The zero-order chi connectivity index (χ0) is 27.0. The molecule has 0 saturated carbocycles. The van der Waals surface area contributed by atoms with E-state index in [0.717, 1.165) is 30.3 Å². The summed E-state index contributed by atoms with van der Waals surface area (Å²) in [7, 11) is 0. The Morgan fingerprint density at radius 2 is 1.63 bits per heavy atom. The first-order valence-electron chi connectivity index (χ1n) is 12.5. The number of alkyl halides is 3. The van der Waals surface area contributed by atoms with E-state index < -0.39 is 29.5 Å². The number of rotatable bonds is 3. The molecule has 0 radical (unpaired) electrons. The van der Waals surface area contributed by atoms with Crippen LogP contribution < -0.4 is 0 Å². The summed E-state index contributed by atoms with van der Waals surface area (Å²) in [5, 5.41) is 16.9. The number of carbonyl (C=O) groups excluding carboxylic acids is 1. The molecule has 202 valence electrons. The van der Waals surface area contributed by atoms with Crippen molar-refractivity contribution in [2.45, 2.75) is 43.4 Å². The van der Waals surface area contributed by atoms with Crippen molar-refractivity contribution >= 4 is 6.03 Å². The molecule has 6 nitrogen and oxygen atoms in total. The van der Waals surface area contributed by atoms with E-state index in [4.69, 9.17) is 0 Å². The van der Waals surface area contributed by atoms with Gasteiger partial charge >= 0.3 is 12.2 Å². The normalized spacial score (nSPS) is 21.1. The van der Waals surface area contributed by atoms with E-state index in [2.05, 4.69) is 10.2 Å². The zero-order valence-electron chi connectivity index (χ0n) is 20.4. The Kier molecular flexibility index (Phi) is 7.13. The highest BCUT2D eigenvalue weighted by atomic mass is 19.4. The van der Waals surface area contributed by atoms with Crippen LogP contribution in [0.4, 0.5) is 26.7 Å². The monoisotopic (exact) mass is 534 g/mol. The Balaban J connectivity index is 1.43. The molecule has 2 aromatic carbocycles. The zero-order valence-corrected chi connectivity index (χ0v) is 20.4. The van der Waals surface area contributed by atoms with Crippen molar-refractivity contribution in [2.75, 3.05) is 26.2 Å². The predicted molar refractivity (Wildman–Crippen MR) is 129 cm³/mol. The maximum absolute atomic E-state index is 14.3. The van der Waals surface area contributed by atoms with Crippen LogP contribution in [0.2, 0.25) is 0 Å². The number of likely N-dealkylation sites (tertiary alicyclic amines) is 2. The molecule has 1 aromatic heterocycles. The third-order valence-electron chi connectivity index (χ3n) is 7.41. The van der Waals surface area contributed by atoms with Crippen molar-refractivity contribution in [3.8, 4) is 11.3 Å². The van der Waals surface area contributed by atoms with Gasteiger partial charge in [0, 0.05) is 49.3 Å². The molecule has 2 unspecified atom stereocenters. The Labute approximate surface area is 216 Å². The Hall–Kier alpha value is -3.47. The van der Waals surface area contributed by atoms with Crippen molar-refractivity contribution in [1.82, 2.24) is 20.0 Å². The lowest BCUT2D eigenvalue weighted by molar-refractivity contribution is -0.137. The quantitative estimate of drug-likeness (QED) is 0.435. The van der Waals surface area contributed by atoms with Gasteiger partial charge in [0.25, 0.3) is 0 Å². The number of aromatic nitrogens is 2. The van der Waals surface area contributed by atoms with Gasteiger partial charge in [0.05, 0.1) is 17.4 Å². The van der Waals surface area contributed by atoms with Gasteiger partial charge in [-0.25, -0.2) is 13.6 Å². The van der Waals surface area contributed by atoms with E-state index in [0.29, 0.717) is 56.7 Å². The van der Waals surface area contributed by atoms with Gasteiger partial charge in [0.1, 0.15) is 11.6 Å². The highest BCUT2D eigenvalue weighted by Gasteiger charge is 2.36. The number of piperidine rings is 2. The van der Waals surface area contributed by atoms with Gasteiger partial charge in [0.2, 0.25) is 0 Å². The molecule has 2 atom stereocenters. The highest BCUT2D eigenvalue weighted by Crippen LogP contribution is 2.38. The number of nitrogens with one attached hydrogen (secondary N) is 1. The van der Waals surface area contributed by atoms with E-state index in [-0.39, 0.29) is 29.1 Å². The SMILES string of the molecule is O=C(N1CCC(O)CC1)N1CC(c2ccc(C(F)(F)F)cc2)CC(c2cc(-c3cc(F)ccc3F)n[nH]2)C1. The number of nitrogens with zero attached hydrogens (tertiary/aromatic N) is 3. The van der Waals surface area contributed by atoms with Gasteiger partial charge in [-0.2, -0.15) is 18.3 Å². The van der Waals surface area contributed by atoms with Crippen molar-refractivity contribution < 1.29 is 31.9 Å². The summed E-state index contributed by atoms with van der Waals surface area (Å²) < 4.78 is 67.4. The van der Waals surface area contributed by atoms with Crippen LogP contribution in [-0.4, -0.2) is 63.4 Å². The molecular formula is C27H27F5N4O2. The smallest absolute Gasteiger partial charge is 0.393 e. The van der Waals surface area contributed by atoms with Gasteiger partial charge < -0.3 is 14.9 Å². The van der Waals surface area contributed by atoms with E-state index in [9.17, 15) is 31.9 Å². The van der Waals surface area contributed by atoms with Crippen LogP contribution in [0.3, 0.4) is 0 Å². The number of aliphatic hydroxyl groups excluding tert-OH is 1. The molecule has 2 amide bonds. The van der Waals surface area contributed by atoms with Crippen LogP contribution in [0.5, 0.6) is 0 Å². The lowest BCUT2D eigenvalue weighted by atomic mass is 9.82. The number of H-pyrrole nitrogens is 1. The number of urea groups is 1. The van der Waals surface area contributed by atoms with E-state index in [1.807, 2.05) is 0 Å². The molecule has 2 aliphatic rings. The fraction of sp³-hybridized carbons (Fsp3) is 0.407. The second-order valence-electron chi connectivity index (χ2n) is 9.99. The molecule has 3 aromatic rings. The van der Waals surface area contributed by atoms with Crippen LogP contribution in [0.25, 0.3) is 11.3 Å². The molecule has 2 aliphatic heterocycles. The van der Waals surface area contributed by atoms with Gasteiger partial charge in [0.15, 0.2) is 0 Å². The van der Waals surface area contributed by atoms with Crippen molar-refractivity contribution in [1.29, 1.82) is 0 Å². The first-order valence-corrected chi connectivity index (χ1v) is 12.5. The van der Waals surface area contributed by atoms with Crippen LogP contribution in [0.1, 0.15) is 47.9 Å². The van der Waals surface area contributed by atoms with E-state index in [1.165, 1.54) is 12.1 Å². The fourth-order valence-electron chi connectivity index (χ4n) is 5.30. The summed E-state index contributed by atoms with van der Waals surface area (Å²) in [6.45, 7) is 1.47. The van der Waals surface area contributed by atoms with E-state index in [1.54, 1.807) is 15.9 Å². The summed E-state index contributed by atoms with van der Waals surface area (Å²) >= 11 is 0. The average molecular weight is 535 g/mol. The minimum Gasteiger partial charge on any atom is -0.393 e. The third kappa shape index (κ3) is 5.52. The molecule has 11 heteroatoms.